The van der Waals surface area contributed by atoms with Crippen molar-refractivity contribution in [2.24, 2.45) is 0 Å². The SMILES string of the molecule is CCOc1ccc(N(CC(=O)N(Cc2ccccc2Cl)C(CC)C(=O)NC(C)(C)C)S(C)(=O)=O)cc1. The Kier molecular flexibility index (Phi) is 10.2. The first-order valence-corrected chi connectivity index (χ1v) is 14.0. The van der Waals surface area contributed by atoms with E-state index in [0.29, 0.717) is 35.1 Å². The van der Waals surface area contributed by atoms with E-state index in [1.807, 2.05) is 27.7 Å². The van der Waals surface area contributed by atoms with Crippen LogP contribution in [0.25, 0.3) is 0 Å². The molecule has 0 saturated heterocycles. The summed E-state index contributed by atoms with van der Waals surface area (Å²) >= 11 is 6.36. The number of nitrogens with one attached hydrogen (secondary N) is 1. The molecule has 0 saturated carbocycles. The number of amides is 2. The summed E-state index contributed by atoms with van der Waals surface area (Å²) in [6, 6.07) is 12.7. The lowest BCUT2D eigenvalue weighted by molar-refractivity contribution is -0.141. The highest BCUT2D eigenvalue weighted by molar-refractivity contribution is 7.92. The lowest BCUT2D eigenvalue weighted by Gasteiger charge is -2.34. The van der Waals surface area contributed by atoms with Crippen LogP contribution in [0.3, 0.4) is 0 Å². The standard InChI is InChI=1S/C26H36ClN3O5S/c1-7-23(25(32)28-26(3,4)5)29(17-19-11-9-10-12-22(19)27)24(31)18-30(36(6,33)34)20-13-15-21(16-14-20)35-8-2/h9-16,23H,7-8,17-18H2,1-6H3,(H,28,32). The maximum Gasteiger partial charge on any atom is 0.244 e. The van der Waals surface area contributed by atoms with Crippen molar-refractivity contribution in [2.75, 3.05) is 23.7 Å². The summed E-state index contributed by atoms with van der Waals surface area (Å²) in [5, 5.41) is 3.38. The van der Waals surface area contributed by atoms with Gasteiger partial charge in [0.15, 0.2) is 0 Å². The molecule has 0 bridgehead atoms. The number of ether oxygens (including phenoxy) is 1. The third kappa shape index (κ3) is 8.41. The van der Waals surface area contributed by atoms with E-state index in [0.717, 1.165) is 10.6 Å². The Balaban J connectivity index is 2.45. The quantitative estimate of drug-likeness (QED) is 0.463. The van der Waals surface area contributed by atoms with E-state index in [1.54, 1.807) is 55.5 Å². The molecule has 0 heterocycles. The minimum atomic E-state index is -3.82. The first-order chi connectivity index (χ1) is 16.8. The van der Waals surface area contributed by atoms with Gasteiger partial charge in [0.05, 0.1) is 18.6 Å². The van der Waals surface area contributed by atoms with Crippen LogP contribution in [-0.2, 0) is 26.2 Å². The van der Waals surface area contributed by atoms with Crippen molar-refractivity contribution in [1.29, 1.82) is 0 Å². The number of anilines is 1. The molecular formula is C26H36ClN3O5S. The summed E-state index contributed by atoms with van der Waals surface area (Å²) in [6.45, 7) is 9.27. The number of rotatable bonds is 11. The second kappa shape index (κ2) is 12.5. The number of sulfonamides is 1. The van der Waals surface area contributed by atoms with Crippen LogP contribution in [0.15, 0.2) is 48.5 Å². The van der Waals surface area contributed by atoms with Crippen molar-refractivity contribution in [1.82, 2.24) is 10.2 Å². The molecule has 2 amide bonds. The minimum Gasteiger partial charge on any atom is -0.494 e. The van der Waals surface area contributed by atoms with Gasteiger partial charge in [0.2, 0.25) is 21.8 Å². The third-order valence-corrected chi connectivity index (χ3v) is 6.81. The van der Waals surface area contributed by atoms with Gasteiger partial charge in [-0.2, -0.15) is 0 Å². The molecule has 1 unspecified atom stereocenters. The van der Waals surface area contributed by atoms with Crippen LogP contribution in [0.5, 0.6) is 5.75 Å². The molecule has 36 heavy (non-hydrogen) atoms. The Labute approximate surface area is 219 Å². The van der Waals surface area contributed by atoms with Crippen LogP contribution in [0.2, 0.25) is 5.02 Å². The van der Waals surface area contributed by atoms with Crippen LogP contribution in [0.1, 0.15) is 46.6 Å². The van der Waals surface area contributed by atoms with E-state index in [-0.39, 0.29) is 12.5 Å². The molecule has 0 aliphatic rings. The molecule has 0 radical (unpaired) electrons. The highest BCUT2D eigenvalue weighted by atomic mass is 35.5. The van der Waals surface area contributed by atoms with Crippen molar-refractivity contribution < 1.29 is 22.7 Å². The lowest BCUT2D eigenvalue weighted by atomic mass is 10.1. The second-order valence-corrected chi connectivity index (χ2v) is 11.8. The van der Waals surface area contributed by atoms with E-state index < -0.39 is 34.1 Å². The number of carbonyl (C=O) groups is 2. The fourth-order valence-electron chi connectivity index (χ4n) is 3.67. The normalized spacial score (nSPS) is 12.5. The molecule has 8 nitrogen and oxygen atoms in total. The summed E-state index contributed by atoms with van der Waals surface area (Å²) in [5.41, 5.74) is 0.464. The first-order valence-electron chi connectivity index (χ1n) is 11.8. The highest BCUT2D eigenvalue weighted by Crippen LogP contribution is 2.24. The van der Waals surface area contributed by atoms with E-state index in [4.69, 9.17) is 16.3 Å². The zero-order valence-corrected chi connectivity index (χ0v) is 23.3. The minimum absolute atomic E-state index is 0.0510. The molecule has 1 atom stereocenters. The van der Waals surface area contributed by atoms with Crippen molar-refractivity contribution in [3.05, 3.63) is 59.1 Å². The number of benzene rings is 2. The summed E-state index contributed by atoms with van der Waals surface area (Å²) in [6.07, 6.45) is 1.37. The van der Waals surface area contributed by atoms with Gasteiger partial charge >= 0.3 is 0 Å². The summed E-state index contributed by atoms with van der Waals surface area (Å²) in [7, 11) is -3.82. The molecule has 0 aliphatic carbocycles. The number of hydrogen-bond acceptors (Lipinski definition) is 5. The number of carbonyl (C=O) groups excluding carboxylic acids is 2. The highest BCUT2D eigenvalue weighted by Gasteiger charge is 2.33. The molecule has 0 spiro atoms. The summed E-state index contributed by atoms with van der Waals surface area (Å²) in [4.78, 5) is 28.3. The summed E-state index contributed by atoms with van der Waals surface area (Å²) in [5.74, 6) is -0.256. The van der Waals surface area contributed by atoms with Crippen molar-refractivity contribution in [2.45, 2.75) is 59.2 Å². The predicted molar refractivity (Wildman–Crippen MR) is 144 cm³/mol. The first kappa shape index (κ1) is 29.5. The van der Waals surface area contributed by atoms with Gasteiger partial charge in [-0.3, -0.25) is 13.9 Å². The smallest absolute Gasteiger partial charge is 0.244 e. The van der Waals surface area contributed by atoms with Gasteiger partial charge < -0.3 is 15.0 Å². The van der Waals surface area contributed by atoms with Gasteiger partial charge in [-0.15, -0.1) is 0 Å². The van der Waals surface area contributed by atoms with Crippen LogP contribution < -0.4 is 14.4 Å². The van der Waals surface area contributed by atoms with E-state index >= 15 is 0 Å². The fourth-order valence-corrected chi connectivity index (χ4v) is 4.72. The predicted octanol–water partition coefficient (Wildman–Crippen LogP) is 4.23. The average molecular weight is 538 g/mol. The third-order valence-electron chi connectivity index (χ3n) is 5.30. The Morgan fingerprint density at radius 2 is 1.67 bits per heavy atom. The maximum absolute atomic E-state index is 13.7. The molecule has 198 valence electrons. The lowest BCUT2D eigenvalue weighted by Crippen LogP contribution is -2.55. The van der Waals surface area contributed by atoms with E-state index in [1.165, 1.54) is 4.90 Å². The molecular weight excluding hydrogens is 502 g/mol. The van der Waals surface area contributed by atoms with Crippen molar-refractivity contribution >= 4 is 39.1 Å². The van der Waals surface area contributed by atoms with E-state index in [2.05, 4.69) is 5.32 Å². The molecule has 2 rings (SSSR count). The van der Waals surface area contributed by atoms with Gasteiger partial charge in [-0.25, -0.2) is 8.42 Å². The van der Waals surface area contributed by atoms with Crippen LogP contribution in [-0.4, -0.2) is 56.1 Å². The van der Waals surface area contributed by atoms with Crippen molar-refractivity contribution in [3.8, 4) is 5.75 Å². The Hall–Kier alpha value is -2.78. The Morgan fingerprint density at radius 3 is 2.17 bits per heavy atom. The van der Waals surface area contributed by atoms with E-state index in [9.17, 15) is 18.0 Å². The topological polar surface area (TPSA) is 96.0 Å². The molecule has 2 aromatic rings. The van der Waals surface area contributed by atoms with Crippen LogP contribution >= 0.6 is 11.6 Å². The van der Waals surface area contributed by atoms with Gasteiger partial charge in [0.25, 0.3) is 0 Å². The molecule has 0 aromatic heterocycles. The Bertz CT molecular complexity index is 1150. The Morgan fingerprint density at radius 1 is 1.06 bits per heavy atom. The number of hydrogen-bond donors (Lipinski definition) is 1. The van der Waals surface area contributed by atoms with Gasteiger partial charge in [-0.05, 0) is 70.0 Å². The van der Waals surface area contributed by atoms with Crippen LogP contribution in [0.4, 0.5) is 5.69 Å². The summed E-state index contributed by atoms with van der Waals surface area (Å²) < 4.78 is 31.9. The second-order valence-electron chi connectivity index (χ2n) is 9.47. The molecule has 2 aromatic carbocycles. The number of nitrogens with zero attached hydrogens (tertiary/aromatic N) is 2. The molecule has 0 fully saturated rings. The zero-order chi connectivity index (χ0) is 27.1. The van der Waals surface area contributed by atoms with Gasteiger partial charge in [0, 0.05) is 17.1 Å². The molecule has 0 aliphatic heterocycles. The average Bonchev–Trinajstić information content (AvgIpc) is 2.77. The zero-order valence-electron chi connectivity index (χ0n) is 21.7. The van der Waals surface area contributed by atoms with Crippen LogP contribution in [0, 0.1) is 0 Å². The molecule has 1 N–H and O–H groups in total. The number of halogens is 1. The molecule has 10 heteroatoms. The maximum atomic E-state index is 13.7. The van der Waals surface area contributed by atoms with Gasteiger partial charge in [0.1, 0.15) is 18.3 Å². The fraction of sp³-hybridized carbons (Fsp3) is 0.462. The monoisotopic (exact) mass is 537 g/mol. The largest absolute Gasteiger partial charge is 0.494 e. The van der Waals surface area contributed by atoms with Crippen molar-refractivity contribution in [3.63, 3.8) is 0 Å². The van der Waals surface area contributed by atoms with Gasteiger partial charge in [-0.1, -0.05) is 36.7 Å².